The highest BCUT2D eigenvalue weighted by Gasteiger charge is 2.29. The number of aliphatic hydroxyl groups excluding tert-OH is 1. The third kappa shape index (κ3) is 3.88. The topological polar surface area (TPSA) is 29.5 Å². The second kappa shape index (κ2) is 5.03. The summed E-state index contributed by atoms with van der Waals surface area (Å²) in [7, 11) is 0. The molecule has 1 fully saturated rings. The molecule has 0 aliphatic heterocycles. The maximum atomic E-state index is 12.7. The molecule has 1 aliphatic carbocycles. The minimum Gasteiger partial charge on any atom is -0.393 e. The van der Waals surface area contributed by atoms with Gasteiger partial charge in [-0.1, -0.05) is 6.92 Å². The minimum atomic E-state index is -2.54. The van der Waals surface area contributed by atoms with E-state index in [9.17, 15) is 8.78 Å². The summed E-state index contributed by atoms with van der Waals surface area (Å²) >= 11 is 0. The Morgan fingerprint density at radius 1 is 1.43 bits per heavy atom. The van der Waals surface area contributed by atoms with Gasteiger partial charge in [-0.3, -0.25) is 0 Å². The van der Waals surface area contributed by atoms with Crippen LogP contribution in [0.2, 0.25) is 0 Å². The van der Waals surface area contributed by atoms with Gasteiger partial charge in [-0.2, -0.15) is 0 Å². The van der Waals surface area contributed by atoms with E-state index in [0.29, 0.717) is 25.9 Å². The first-order valence-electron chi connectivity index (χ1n) is 5.21. The quantitative estimate of drug-likeness (QED) is 0.679. The molecule has 0 unspecified atom stereocenters. The van der Waals surface area contributed by atoms with E-state index in [4.69, 9.17) is 9.84 Å². The van der Waals surface area contributed by atoms with E-state index < -0.39 is 5.92 Å². The normalized spacial score (nSPS) is 27.4. The first-order valence-corrected chi connectivity index (χ1v) is 5.21. The number of alkyl halides is 2. The van der Waals surface area contributed by atoms with Crippen molar-refractivity contribution in [3.05, 3.63) is 0 Å². The Bertz CT molecular complexity index is 168. The summed E-state index contributed by atoms with van der Waals surface area (Å²) in [5.41, 5.74) is 0. The van der Waals surface area contributed by atoms with Gasteiger partial charge < -0.3 is 9.84 Å². The molecule has 0 heterocycles. The van der Waals surface area contributed by atoms with Gasteiger partial charge in [0.15, 0.2) is 0 Å². The monoisotopic (exact) mass is 208 g/mol. The number of halogens is 2. The third-order valence-electron chi connectivity index (χ3n) is 2.63. The van der Waals surface area contributed by atoms with Crippen LogP contribution in [0.15, 0.2) is 0 Å². The Labute approximate surface area is 83.3 Å². The number of rotatable bonds is 6. The summed E-state index contributed by atoms with van der Waals surface area (Å²) < 4.78 is 30.8. The van der Waals surface area contributed by atoms with Crippen LogP contribution in [0.4, 0.5) is 8.78 Å². The zero-order valence-corrected chi connectivity index (χ0v) is 8.51. The maximum absolute atomic E-state index is 12.7. The van der Waals surface area contributed by atoms with E-state index in [1.54, 1.807) is 0 Å². The summed E-state index contributed by atoms with van der Waals surface area (Å²) in [6, 6.07) is 0. The lowest BCUT2D eigenvalue weighted by atomic mass is 9.92. The summed E-state index contributed by atoms with van der Waals surface area (Å²) in [6.45, 7) is 1.87. The zero-order chi connectivity index (χ0) is 10.6. The average Bonchev–Trinajstić information content (AvgIpc) is 2.09. The summed E-state index contributed by atoms with van der Waals surface area (Å²) in [4.78, 5) is 0. The molecule has 0 aromatic rings. The highest BCUT2D eigenvalue weighted by molar-refractivity contribution is 4.79. The van der Waals surface area contributed by atoms with Crippen molar-refractivity contribution in [2.24, 2.45) is 0 Å². The van der Waals surface area contributed by atoms with Gasteiger partial charge in [-0.25, -0.2) is 8.78 Å². The standard InChI is InChI=1S/C10H18F2O2/c1-2-10(11,12)4-3-5-14-9-6-8(13)7-9/h8-9,13H,2-7H2,1H3/t8-,9+. The average molecular weight is 208 g/mol. The molecule has 0 spiro atoms. The zero-order valence-electron chi connectivity index (χ0n) is 8.51. The Balaban J connectivity index is 1.94. The van der Waals surface area contributed by atoms with E-state index in [1.165, 1.54) is 6.92 Å². The first-order chi connectivity index (χ1) is 6.53. The lowest BCUT2D eigenvalue weighted by molar-refractivity contribution is -0.0792. The number of ether oxygens (including phenoxy) is 1. The third-order valence-corrected chi connectivity index (χ3v) is 2.63. The minimum absolute atomic E-state index is 0.0975. The van der Waals surface area contributed by atoms with Gasteiger partial charge in [0, 0.05) is 19.4 Å². The molecule has 1 saturated carbocycles. The predicted octanol–water partition coefficient (Wildman–Crippen LogP) is 2.35. The van der Waals surface area contributed by atoms with E-state index in [0.717, 1.165) is 0 Å². The molecular weight excluding hydrogens is 190 g/mol. The van der Waals surface area contributed by atoms with Crippen molar-refractivity contribution >= 4 is 0 Å². The number of hydrogen-bond acceptors (Lipinski definition) is 2. The molecule has 4 heteroatoms. The molecule has 0 radical (unpaired) electrons. The van der Waals surface area contributed by atoms with Crippen molar-refractivity contribution in [2.45, 2.75) is 57.2 Å². The first kappa shape index (κ1) is 11.9. The summed E-state index contributed by atoms with van der Waals surface area (Å²) in [6.07, 6.45) is 1.37. The lowest BCUT2D eigenvalue weighted by Gasteiger charge is -2.31. The molecule has 0 saturated heterocycles. The van der Waals surface area contributed by atoms with Crippen molar-refractivity contribution in [2.75, 3.05) is 6.61 Å². The molecule has 2 nitrogen and oxygen atoms in total. The Morgan fingerprint density at radius 2 is 2.07 bits per heavy atom. The van der Waals surface area contributed by atoms with E-state index in [2.05, 4.69) is 0 Å². The van der Waals surface area contributed by atoms with Gasteiger partial charge in [0.05, 0.1) is 12.2 Å². The molecule has 0 aromatic carbocycles. The van der Waals surface area contributed by atoms with Crippen molar-refractivity contribution in [1.29, 1.82) is 0 Å². The van der Waals surface area contributed by atoms with Crippen molar-refractivity contribution in [3.8, 4) is 0 Å². The fourth-order valence-electron chi connectivity index (χ4n) is 1.43. The van der Waals surface area contributed by atoms with Crippen molar-refractivity contribution in [1.82, 2.24) is 0 Å². The molecule has 84 valence electrons. The van der Waals surface area contributed by atoms with Crippen LogP contribution in [0.3, 0.4) is 0 Å². The maximum Gasteiger partial charge on any atom is 0.248 e. The Kier molecular flexibility index (Phi) is 4.26. The number of hydrogen-bond donors (Lipinski definition) is 1. The van der Waals surface area contributed by atoms with E-state index in [1.807, 2.05) is 0 Å². The van der Waals surface area contributed by atoms with Crippen molar-refractivity contribution < 1.29 is 18.6 Å². The van der Waals surface area contributed by atoms with Crippen LogP contribution in [-0.4, -0.2) is 29.8 Å². The Morgan fingerprint density at radius 3 is 2.57 bits per heavy atom. The van der Waals surface area contributed by atoms with Gasteiger partial charge in [0.25, 0.3) is 0 Å². The molecule has 1 aliphatic rings. The predicted molar refractivity (Wildman–Crippen MR) is 49.5 cm³/mol. The van der Waals surface area contributed by atoms with Gasteiger partial charge in [0.2, 0.25) is 5.92 Å². The van der Waals surface area contributed by atoms with Crippen molar-refractivity contribution in [3.63, 3.8) is 0 Å². The lowest BCUT2D eigenvalue weighted by Crippen LogP contribution is -2.35. The van der Waals surface area contributed by atoms with Crippen LogP contribution in [-0.2, 0) is 4.74 Å². The summed E-state index contributed by atoms with van der Waals surface area (Å²) in [5, 5.41) is 8.94. The van der Waals surface area contributed by atoms with Crippen LogP contribution >= 0.6 is 0 Å². The molecule has 0 aromatic heterocycles. The van der Waals surface area contributed by atoms with Gasteiger partial charge in [-0.15, -0.1) is 0 Å². The number of aliphatic hydroxyl groups is 1. The van der Waals surface area contributed by atoms with Gasteiger partial charge >= 0.3 is 0 Å². The molecule has 1 N–H and O–H groups in total. The van der Waals surface area contributed by atoms with Crippen LogP contribution in [0.25, 0.3) is 0 Å². The highest BCUT2D eigenvalue weighted by Crippen LogP contribution is 2.26. The fraction of sp³-hybridized carbons (Fsp3) is 1.00. The molecule has 0 bridgehead atoms. The van der Waals surface area contributed by atoms with Crippen LogP contribution < -0.4 is 0 Å². The van der Waals surface area contributed by atoms with Crippen LogP contribution in [0, 0.1) is 0 Å². The SMILES string of the molecule is CCC(F)(F)CCCO[C@H]1C[C@@H](O)C1. The van der Waals surface area contributed by atoms with Gasteiger partial charge in [0.1, 0.15) is 0 Å². The smallest absolute Gasteiger partial charge is 0.248 e. The van der Waals surface area contributed by atoms with E-state index >= 15 is 0 Å². The Hall–Kier alpha value is -0.220. The molecule has 0 atom stereocenters. The summed E-state index contributed by atoms with van der Waals surface area (Å²) in [5.74, 6) is -2.54. The largest absolute Gasteiger partial charge is 0.393 e. The molecular formula is C10H18F2O2. The second-order valence-electron chi connectivity index (χ2n) is 3.93. The van der Waals surface area contributed by atoms with Crippen LogP contribution in [0.1, 0.15) is 39.0 Å². The molecule has 0 amide bonds. The van der Waals surface area contributed by atoms with Gasteiger partial charge in [-0.05, 0) is 19.3 Å². The molecule has 1 rings (SSSR count). The second-order valence-corrected chi connectivity index (χ2v) is 3.93. The highest BCUT2D eigenvalue weighted by atomic mass is 19.3. The van der Waals surface area contributed by atoms with Crippen LogP contribution in [0.5, 0.6) is 0 Å². The van der Waals surface area contributed by atoms with E-state index in [-0.39, 0.29) is 25.0 Å². The fourth-order valence-corrected chi connectivity index (χ4v) is 1.43. The molecule has 14 heavy (non-hydrogen) atoms.